The number of hydrogen-bond donors (Lipinski definition) is 0. The molecular weight excluding hydrogens is 412 g/mol. The van der Waals surface area contributed by atoms with Crippen LogP contribution in [0.4, 0.5) is 5.69 Å². The van der Waals surface area contributed by atoms with E-state index in [0.29, 0.717) is 13.1 Å². The molecule has 1 atom stereocenters. The Balaban J connectivity index is 1.60. The van der Waals surface area contributed by atoms with Gasteiger partial charge in [-0.25, -0.2) is 0 Å². The van der Waals surface area contributed by atoms with E-state index in [4.69, 9.17) is 4.74 Å². The molecule has 4 rings (SSSR count). The lowest BCUT2D eigenvalue weighted by Gasteiger charge is -2.28. The van der Waals surface area contributed by atoms with Crippen molar-refractivity contribution in [3.63, 3.8) is 0 Å². The number of esters is 1. The quantitative estimate of drug-likeness (QED) is 0.466. The van der Waals surface area contributed by atoms with Gasteiger partial charge in [0.05, 0.1) is 0 Å². The Bertz CT molecular complexity index is 1060. The number of carbonyl (C=O) groups is 2. The van der Waals surface area contributed by atoms with Crippen LogP contribution in [0.25, 0.3) is 0 Å². The van der Waals surface area contributed by atoms with Gasteiger partial charge >= 0.3 is 5.97 Å². The number of carbonyl (C=O) groups excluding carboxylic acids is 2. The monoisotopic (exact) mass is 442 g/mol. The van der Waals surface area contributed by atoms with Crippen molar-refractivity contribution in [3.05, 3.63) is 101 Å². The van der Waals surface area contributed by atoms with Crippen LogP contribution in [0.2, 0.25) is 0 Å². The van der Waals surface area contributed by atoms with Crippen LogP contribution in [-0.2, 0) is 33.8 Å². The van der Waals surface area contributed by atoms with E-state index in [0.717, 1.165) is 36.3 Å². The maximum absolute atomic E-state index is 12.0. The zero-order valence-corrected chi connectivity index (χ0v) is 19.2. The Morgan fingerprint density at radius 2 is 1.52 bits per heavy atom. The molecule has 5 nitrogen and oxygen atoms in total. The van der Waals surface area contributed by atoms with Gasteiger partial charge in [0.15, 0.2) is 0 Å². The minimum atomic E-state index is -0.397. The third-order valence-electron chi connectivity index (χ3n) is 5.98. The van der Waals surface area contributed by atoms with Crippen LogP contribution in [0.15, 0.2) is 78.9 Å². The van der Waals surface area contributed by atoms with E-state index in [1.165, 1.54) is 18.1 Å². The molecule has 3 aromatic carbocycles. The molecule has 0 N–H and O–H groups in total. The fraction of sp³-hybridized carbons (Fsp3) is 0.286. The normalized spacial score (nSPS) is 13.6. The van der Waals surface area contributed by atoms with Crippen molar-refractivity contribution in [1.82, 2.24) is 4.90 Å². The first-order chi connectivity index (χ1) is 16.0. The molecule has 1 unspecified atom stereocenters. The van der Waals surface area contributed by atoms with Gasteiger partial charge in [0.2, 0.25) is 5.91 Å². The highest BCUT2D eigenvalue weighted by Gasteiger charge is 2.25. The van der Waals surface area contributed by atoms with Gasteiger partial charge in [0.1, 0.15) is 6.10 Å². The topological polar surface area (TPSA) is 49.9 Å². The number of fused-ring (bicyclic) bond motifs is 1. The van der Waals surface area contributed by atoms with E-state index < -0.39 is 6.10 Å². The van der Waals surface area contributed by atoms with Crippen LogP contribution in [0.3, 0.4) is 0 Å². The average molecular weight is 443 g/mol. The van der Waals surface area contributed by atoms with Gasteiger partial charge in [-0.3, -0.25) is 14.5 Å². The molecule has 0 fully saturated rings. The van der Waals surface area contributed by atoms with Crippen LogP contribution in [0, 0.1) is 0 Å². The highest BCUT2D eigenvalue weighted by atomic mass is 16.5. The summed E-state index contributed by atoms with van der Waals surface area (Å²) in [7, 11) is 0. The van der Waals surface area contributed by atoms with Crippen LogP contribution in [-0.4, -0.2) is 29.9 Å². The van der Waals surface area contributed by atoms with E-state index in [1.54, 1.807) is 11.8 Å². The van der Waals surface area contributed by atoms with Crippen LogP contribution >= 0.6 is 0 Å². The number of benzene rings is 3. The summed E-state index contributed by atoms with van der Waals surface area (Å²) in [6.45, 7) is 5.80. The van der Waals surface area contributed by atoms with E-state index in [1.807, 2.05) is 48.5 Å². The minimum absolute atomic E-state index is 0.0509. The van der Waals surface area contributed by atoms with Crippen LogP contribution < -0.4 is 4.90 Å². The summed E-state index contributed by atoms with van der Waals surface area (Å²) in [4.78, 5) is 28.0. The molecule has 0 saturated carbocycles. The second-order valence-electron chi connectivity index (χ2n) is 8.55. The molecule has 1 aliphatic heterocycles. The molecule has 1 heterocycles. The third-order valence-corrected chi connectivity index (χ3v) is 5.98. The highest BCUT2D eigenvalue weighted by molar-refractivity contribution is 5.93. The lowest BCUT2D eigenvalue weighted by molar-refractivity contribution is -0.147. The van der Waals surface area contributed by atoms with Crippen molar-refractivity contribution in [2.24, 2.45) is 0 Å². The Hall–Kier alpha value is -3.44. The van der Waals surface area contributed by atoms with E-state index in [2.05, 4.69) is 35.2 Å². The smallest absolute Gasteiger partial charge is 0.303 e. The van der Waals surface area contributed by atoms with Gasteiger partial charge in [0, 0.05) is 45.7 Å². The Morgan fingerprint density at radius 3 is 2.06 bits per heavy atom. The molecule has 0 aliphatic carbocycles. The summed E-state index contributed by atoms with van der Waals surface area (Å²) in [5.74, 6) is -0.250. The van der Waals surface area contributed by atoms with Crippen molar-refractivity contribution < 1.29 is 14.3 Å². The summed E-state index contributed by atoms with van der Waals surface area (Å²) in [5, 5.41) is 0. The lowest BCUT2D eigenvalue weighted by atomic mass is 10.0. The van der Waals surface area contributed by atoms with Crippen molar-refractivity contribution in [2.75, 3.05) is 18.0 Å². The minimum Gasteiger partial charge on any atom is -0.456 e. The first-order valence-corrected chi connectivity index (χ1v) is 11.4. The lowest BCUT2D eigenvalue weighted by Crippen LogP contribution is -2.30. The summed E-state index contributed by atoms with van der Waals surface area (Å²) in [5.41, 5.74) is 5.46. The standard InChI is InChI=1S/C28H30N2O3/c1-21(31)30-16-15-25-17-26(13-14-27(25)30)28(33-22(2)32)20-29(18-23-9-5-3-6-10-23)19-24-11-7-4-8-12-24/h3-14,17,28H,15-16,18-20H2,1-2H3. The second-order valence-corrected chi connectivity index (χ2v) is 8.55. The molecular formula is C28H30N2O3. The Kier molecular flexibility index (Phi) is 7.20. The average Bonchev–Trinajstić information content (AvgIpc) is 3.23. The fourth-order valence-corrected chi connectivity index (χ4v) is 4.46. The largest absolute Gasteiger partial charge is 0.456 e. The molecule has 1 amide bonds. The Morgan fingerprint density at radius 1 is 0.909 bits per heavy atom. The summed E-state index contributed by atoms with van der Waals surface area (Å²) >= 11 is 0. The maximum atomic E-state index is 12.0. The van der Waals surface area contributed by atoms with Gasteiger partial charge in [-0.05, 0) is 40.8 Å². The predicted molar refractivity (Wildman–Crippen MR) is 130 cm³/mol. The first kappa shape index (κ1) is 22.7. The van der Waals surface area contributed by atoms with Gasteiger partial charge in [-0.2, -0.15) is 0 Å². The van der Waals surface area contributed by atoms with Crippen molar-refractivity contribution in [2.45, 2.75) is 39.5 Å². The molecule has 0 aromatic heterocycles. The number of anilines is 1. The zero-order chi connectivity index (χ0) is 23.2. The zero-order valence-electron chi connectivity index (χ0n) is 19.2. The number of ether oxygens (including phenoxy) is 1. The van der Waals surface area contributed by atoms with Crippen LogP contribution in [0.5, 0.6) is 0 Å². The molecule has 1 aliphatic rings. The van der Waals surface area contributed by atoms with E-state index >= 15 is 0 Å². The van der Waals surface area contributed by atoms with Gasteiger partial charge in [-0.1, -0.05) is 66.7 Å². The predicted octanol–water partition coefficient (Wildman–Crippen LogP) is 4.90. The number of nitrogens with zero attached hydrogens (tertiary/aromatic N) is 2. The van der Waals surface area contributed by atoms with Gasteiger partial charge in [0.25, 0.3) is 0 Å². The summed E-state index contributed by atoms with van der Waals surface area (Å²) < 4.78 is 5.82. The first-order valence-electron chi connectivity index (χ1n) is 11.4. The number of rotatable bonds is 8. The molecule has 170 valence electrons. The van der Waals surface area contributed by atoms with Crippen molar-refractivity contribution in [3.8, 4) is 0 Å². The molecule has 0 spiro atoms. The summed E-state index contributed by atoms with van der Waals surface area (Å²) in [6.07, 6.45) is 0.416. The van der Waals surface area contributed by atoms with Crippen molar-refractivity contribution >= 4 is 17.6 Å². The molecule has 33 heavy (non-hydrogen) atoms. The van der Waals surface area contributed by atoms with Crippen molar-refractivity contribution in [1.29, 1.82) is 0 Å². The molecule has 0 bridgehead atoms. The Labute approximate surface area is 195 Å². The van der Waals surface area contributed by atoms with E-state index in [9.17, 15) is 9.59 Å². The number of amides is 1. The number of hydrogen-bond acceptors (Lipinski definition) is 4. The molecule has 0 radical (unpaired) electrons. The summed E-state index contributed by atoms with van der Waals surface area (Å²) in [6, 6.07) is 26.7. The van der Waals surface area contributed by atoms with E-state index in [-0.39, 0.29) is 11.9 Å². The fourth-order valence-electron chi connectivity index (χ4n) is 4.46. The molecule has 3 aromatic rings. The molecule has 5 heteroatoms. The van der Waals surface area contributed by atoms with Gasteiger partial charge < -0.3 is 9.64 Å². The highest BCUT2D eigenvalue weighted by Crippen LogP contribution is 2.32. The maximum Gasteiger partial charge on any atom is 0.303 e. The molecule has 0 saturated heterocycles. The third kappa shape index (κ3) is 5.88. The SMILES string of the molecule is CC(=O)OC(CN(Cc1ccccc1)Cc1ccccc1)c1ccc2c(c1)CCN2C(C)=O. The van der Waals surface area contributed by atoms with Gasteiger partial charge in [-0.15, -0.1) is 0 Å². The second kappa shape index (κ2) is 10.5. The van der Waals surface area contributed by atoms with Crippen LogP contribution in [0.1, 0.15) is 42.2 Å².